The molecule has 9 aliphatic rings. The molecular weight excluding hydrogens is 1270 g/mol. The van der Waals surface area contributed by atoms with E-state index in [-0.39, 0.29) is 86.6 Å². The summed E-state index contributed by atoms with van der Waals surface area (Å²) in [7, 11) is 0. The fourth-order valence-electron chi connectivity index (χ4n) is 20.4. The molecule has 15 nitrogen and oxygen atoms in total. The monoisotopic (exact) mass is 1410 g/mol. The topological polar surface area (TPSA) is 202 Å². The average Bonchev–Trinajstić information content (AvgIpc) is 1.34. The third kappa shape index (κ3) is 24.6. The van der Waals surface area contributed by atoms with Gasteiger partial charge in [-0.3, -0.25) is 24.1 Å². The van der Waals surface area contributed by atoms with Crippen molar-refractivity contribution in [2.24, 2.45) is 98.4 Å². The molecule has 7 fully saturated rings. The van der Waals surface area contributed by atoms with E-state index in [1.165, 1.54) is 128 Å². The van der Waals surface area contributed by atoms with E-state index < -0.39 is 0 Å². The van der Waals surface area contributed by atoms with Crippen molar-refractivity contribution in [1.82, 2.24) is 15.5 Å². The van der Waals surface area contributed by atoms with Gasteiger partial charge in [0.1, 0.15) is 5.33 Å². The molecule has 6 saturated carbocycles. The van der Waals surface area contributed by atoms with E-state index in [1.807, 2.05) is 11.8 Å². The molecule has 1 heterocycles. The Labute approximate surface area is 609 Å². The van der Waals surface area contributed by atoms with Gasteiger partial charge < -0.3 is 41.5 Å². The quantitative estimate of drug-likeness (QED) is 0.0220. The second kappa shape index (κ2) is 43.1. The van der Waals surface area contributed by atoms with E-state index in [1.54, 1.807) is 25.0 Å². The van der Waals surface area contributed by atoms with Gasteiger partial charge >= 0.3 is 47.6 Å². The maximum absolute atomic E-state index is 12.5. The van der Waals surface area contributed by atoms with Gasteiger partial charge in [0.05, 0.1) is 58.3 Å². The third-order valence-electron chi connectivity index (χ3n) is 25.1. The number of hydrogen-bond donors (Lipinski definition) is 3. The van der Waals surface area contributed by atoms with Crippen molar-refractivity contribution in [3.05, 3.63) is 23.3 Å². The van der Waals surface area contributed by atoms with Crippen molar-refractivity contribution in [2.45, 2.75) is 263 Å². The number of amides is 2. The van der Waals surface area contributed by atoms with Crippen LogP contribution in [0.5, 0.6) is 0 Å². The van der Waals surface area contributed by atoms with Gasteiger partial charge in [-0.25, -0.2) is 0 Å². The Kier molecular flexibility index (Phi) is 38.7. The first-order valence-electron chi connectivity index (χ1n) is 37.9. The van der Waals surface area contributed by atoms with E-state index in [0.717, 1.165) is 116 Å². The summed E-state index contributed by atoms with van der Waals surface area (Å²) < 4.78 is 27.0. The van der Waals surface area contributed by atoms with Crippen LogP contribution in [-0.2, 0) is 52.5 Å². The molecule has 4 N–H and O–H groups in total. The summed E-state index contributed by atoms with van der Waals surface area (Å²) in [5.74, 6) is 9.87. The molecule has 0 unspecified atom stereocenters. The second-order valence-corrected chi connectivity index (χ2v) is 32.4. The molecule has 0 aromatic rings. The first-order chi connectivity index (χ1) is 44.9. The number of rotatable bonds is 28. The number of alkyl halides is 1. The summed E-state index contributed by atoms with van der Waals surface area (Å²) in [4.78, 5) is 64.0. The minimum atomic E-state index is -0.276. The SMILES string of the molecule is C1CCOC1.CC(C)CCC[C@@H](C)[C@H]1CC[C@H]2[C@@H]3CC=C4C[C@@H](OCCNC(=O)CN)CC[C@]4(C)[C@H]3CC[C@]12C.CCCN(CC(=O)NCCO[C@H]1CC[C@@]2(C)C(=CC[C@H]3[C@@H]4CC[C@H]([C@H](C)CCCC(C)C)[C@@]4(C)CC[C@@H]32)C1)CC(=O)OCC.CCOC(=O)CBr.O=C=O.[H-].[Na+]. The summed E-state index contributed by atoms with van der Waals surface area (Å²) in [6.45, 7) is 36.9. The molecular formula is C78H136BrN4NaO11. The fourth-order valence-corrected chi connectivity index (χ4v) is 20.5. The fraction of sp³-hybridized carbons (Fsp3) is 0.885. The molecule has 0 bridgehead atoms. The Hall–Kier alpha value is -1.98. The summed E-state index contributed by atoms with van der Waals surface area (Å²) in [6.07, 6.45) is 39.0. The Morgan fingerprint density at radius 2 is 1.07 bits per heavy atom. The van der Waals surface area contributed by atoms with Crippen molar-refractivity contribution in [3.8, 4) is 0 Å². The number of fused-ring (bicyclic) bond motifs is 10. The predicted octanol–water partition coefficient (Wildman–Crippen LogP) is 12.6. The van der Waals surface area contributed by atoms with Gasteiger partial charge in [0.15, 0.2) is 0 Å². The van der Waals surface area contributed by atoms with Crippen LogP contribution in [0.1, 0.15) is 252 Å². The van der Waals surface area contributed by atoms with Crippen molar-refractivity contribution in [3.63, 3.8) is 0 Å². The number of nitrogens with zero attached hydrogens (tertiary/aromatic N) is 1. The Morgan fingerprint density at radius 1 is 0.632 bits per heavy atom. The van der Waals surface area contributed by atoms with Crippen molar-refractivity contribution in [1.29, 1.82) is 0 Å². The first-order valence-corrected chi connectivity index (χ1v) is 39.1. The molecule has 542 valence electrons. The molecule has 1 aliphatic heterocycles. The van der Waals surface area contributed by atoms with E-state index in [4.69, 9.17) is 34.3 Å². The molecule has 17 heteroatoms. The van der Waals surface area contributed by atoms with Gasteiger partial charge in [-0.15, -0.1) is 0 Å². The van der Waals surface area contributed by atoms with Crippen LogP contribution in [0.2, 0.25) is 0 Å². The van der Waals surface area contributed by atoms with Crippen molar-refractivity contribution < 1.29 is 83.4 Å². The Morgan fingerprint density at radius 3 is 1.45 bits per heavy atom. The molecule has 16 atom stereocenters. The molecule has 0 aromatic heterocycles. The van der Waals surface area contributed by atoms with Crippen LogP contribution < -0.4 is 45.9 Å². The number of halogens is 1. The van der Waals surface area contributed by atoms with Crippen LogP contribution in [0.15, 0.2) is 23.3 Å². The molecule has 8 aliphatic carbocycles. The van der Waals surface area contributed by atoms with Gasteiger partial charge in [0.2, 0.25) is 11.8 Å². The van der Waals surface area contributed by atoms with Gasteiger partial charge in [-0.05, 0) is 235 Å². The van der Waals surface area contributed by atoms with E-state index in [0.29, 0.717) is 79.2 Å². The van der Waals surface area contributed by atoms with E-state index in [9.17, 15) is 19.2 Å². The summed E-state index contributed by atoms with van der Waals surface area (Å²) in [6, 6.07) is 0. The molecule has 2 amide bonds. The van der Waals surface area contributed by atoms with Crippen LogP contribution in [0.25, 0.3) is 0 Å². The van der Waals surface area contributed by atoms with Crippen molar-refractivity contribution >= 4 is 45.8 Å². The summed E-state index contributed by atoms with van der Waals surface area (Å²) in [5, 5.41) is 6.11. The van der Waals surface area contributed by atoms with Gasteiger partial charge in [-0.1, -0.05) is 154 Å². The number of hydrogen-bond acceptors (Lipinski definition) is 13. The minimum absolute atomic E-state index is 0. The van der Waals surface area contributed by atoms with Gasteiger partial charge in [0.25, 0.3) is 0 Å². The molecule has 0 aromatic carbocycles. The first kappa shape index (κ1) is 85.4. The Balaban J connectivity index is 0.000000409. The number of allylic oxidation sites excluding steroid dienone is 2. The number of nitrogens with two attached hydrogens (primary N) is 1. The number of carbonyl (C=O) groups excluding carboxylic acids is 6. The van der Waals surface area contributed by atoms with Gasteiger partial charge in [0, 0.05) is 26.3 Å². The molecule has 0 spiro atoms. The zero-order chi connectivity index (χ0) is 69.1. The van der Waals surface area contributed by atoms with Crippen molar-refractivity contribution in [2.75, 3.05) is 84.2 Å². The maximum Gasteiger partial charge on any atom is 1.00 e. The van der Waals surface area contributed by atoms with Crippen LogP contribution in [0, 0.1) is 92.7 Å². The smallest absolute Gasteiger partial charge is 1.00 e. The average molecular weight is 1410 g/mol. The second-order valence-electron chi connectivity index (χ2n) is 31.8. The third-order valence-corrected chi connectivity index (χ3v) is 25.5. The van der Waals surface area contributed by atoms with Crippen LogP contribution >= 0.6 is 15.9 Å². The molecule has 1 saturated heterocycles. The summed E-state index contributed by atoms with van der Waals surface area (Å²) in [5.41, 5.74) is 10.5. The van der Waals surface area contributed by atoms with Crippen LogP contribution in [0.3, 0.4) is 0 Å². The largest absolute Gasteiger partial charge is 1.00 e. The number of ether oxygens (including phenoxy) is 5. The molecule has 9 rings (SSSR count). The molecule has 0 radical (unpaired) electrons. The Bertz CT molecular complexity index is 2390. The van der Waals surface area contributed by atoms with Crippen LogP contribution in [0.4, 0.5) is 0 Å². The zero-order valence-corrected chi connectivity index (χ0v) is 66.1. The number of carbonyl (C=O) groups is 4. The van der Waals surface area contributed by atoms with Gasteiger partial charge in [-0.2, -0.15) is 9.59 Å². The maximum atomic E-state index is 12.5. The summed E-state index contributed by atoms with van der Waals surface area (Å²) >= 11 is 2.94. The normalized spacial score (nSPS) is 32.1. The standard InChI is InChI=1S/C38H66N2O4.C31H54N2O2.C4H7BrO2.C4H8O.CO2.Na.H/c1-8-22-40(26-36(42)43-9-2)25-35(41)39-21-23-44-30-17-19-37(6)29(24-30)13-14-31-33-16-15-32(28(5)12-10-11-27(3)4)38(33,7)20-18-34(31)37;1-21(2)7-6-8-22(3)26-11-12-27-25-10-9-23-19-24(35-18-17-33-29(34)20-32)13-15-30(23,4)28(25)14-16-31(26,27)5;1-2-7-4(6)3-5;1-2-4-5-3-1;2-1-3;;/h13,27-28,30-34H,8-12,14-26H2,1-7H3,(H,39,41);9,21-22,24-28H,6-8,10-20,32H2,1-5H3,(H,33,34);2-3H2,1H3;1-4H2;;;/q;;;;;+1;-1/t28-,30+,31+,32-,33+,34+,37+,38-;22-,24+,25+,26-,27+,28+,30+,31-;;;;;/m11...../s1. The van der Waals surface area contributed by atoms with Crippen LogP contribution in [-0.4, -0.2) is 131 Å². The zero-order valence-electron chi connectivity index (χ0n) is 63.5. The van der Waals surface area contributed by atoms with E-state index >= 15 is 0 Å². The van der Waals surface area contributed by atoms with E-state index in [2.05, 4.69) is 113 Å². The molecule has 95 heavy (non-hydrogen) atoms. The minimum Gasteiger partial charge on any atom is -1.00 e. The predicted molar refractivity (Wildman–Crippen MR) is 381 cm³/mol. The number of nitrogens with one attached hydrogen (secondary N) is 2. The number of esters is 2.